The molecule has 0 spiro atoms. The molecular formula is C23H23N3O2. The highest BCUT2D eigenvalue weighted by Crippen LogP contribution is 2.18. The van der Waals surface area contributed by atoms with Crippen LogP contribution in [0.25, 0.3) is 6.08 Å². The van der Waals surface area contributed by atoms with Gasteiger partial charge in [-0.05, 0) is 41.5 Å². The van der Waals surface area contributed by atoms with Crippen molar-refractivity contribution in [1.82, 2.24) is 0 Å². The summed E-state index contributed by atoms with van der Waals surface area (Å²) in [5, 5.41) is 6.13. The maximum absolute atomic E-state index is 12.0. The molecule has 3 aromatic carbocycles. The summed E-state index contributed by atoms with van der Waals surface area (Å²) in [5.74, 6) is 0.600. The minimum atomic E-state index is -0.221. The number of hydrogen-bond donors (Lipinski definition) is 3. The zero-order valence-electron chi connectivity index (χ0n) is 15.7. The van der Waals surface area contributed by atoms with Crippen molar-refractivity contribution >= 4 is 29.0 Å². The number of amides is 1. The molecule has 5 heteroatoms. The molecule has 0 atom stereocenters. The minimum absolute atomic E-state index is 0.221. The first-order valence-electron chi connectivity index (χ1n) is 8.94. The number of methoxy groups -OCH3 is 1. The Morgan fingerprint density at radius 1 is 1.04 bits per heavy atom. The van der Waals surface area contributed by atoms with Crippen LogP contribution in [0.2, 0.25) is 0 Å². The third kappa shape index (κ3) is 5.38. The second-order valence-corrected chi connectivity index (χ2v) is 6.24. The van der Waals surface area contributed by atoms with E-state index in [0.717, 1.165) is 22.6 Å². The normalized spacial score (nSPS) is 10.6. The molecular weight excluding hydrogens is 350 g/mol. The first-order chi connectivity index (χ1) is 13.6. The molecule has 5 nitrogen and oxygen atoms in total. The van der Waals surface area contributed by atoms with E-state index in [1.165, 1.54) is 6.08 Å². The Balaban J connectivity index is 1.54. The van der Waals surface area contributed by atoms with Crippen molar-refractivity contribution in [2.45, 2.75) is 6.54 Å². The fourth-order valence-electron chi connectivity index (χ4n) is 2.64. The van der Waals surface area contributed by atoms with E-state index in [9.17, 15) is 4.79 Å². The zero-order valence-corrected chi connectivity index (χ0v) is 15.7. The number of ether oxygens (including phenoxy) is 1. The predicted molar refractivity (Wildman–Crippen MR) is 115 cm³/mol. The number of rotatable bonds is 7. The van der Waals surface area contributed by atoms with E-state index in [1.54, 1.807) is 25.3 Å². The summed E-state index contributed by atoms with van der Waals surface area (Å²) in [6.45, 7) is 0.699. The van der Waals surface area contributed by atoms with Gasteiger partial charge in [0, 0.05) is 24.4 Å². The van der Waals surface area contributed by atoms with Crippen LogP contribution in [-0.4, -0.2) is 13.0 Å². The number of nitrogens with one attached hydrogen (secondary N) is 2. The Morgan fingerprint density at radius 3 is 2.57 bits per heavy atom. The molecule has 0 unspecified atom stereocenters. The number of hydrogen-bond acceptors (Lipinski definition) is 4. The SMILES string of the molecule is COc1cccc(NCc2ccc(C=CC(=O)Nc3ccccc3N)cc2)c1. The summed E-state index contributed by atoms with van der Waals surface area (Å²) >= 11 is 0. The Kier molecular flexibility index (Phi) is 6.31. The number of nitrogen functional groups attached to an aromatic ring is 1. The van der Waals surface area contributed by atoms with Crippen molar-refractivity contribution in [2.75, 3.05) is 23.5 Å². The van der Waals surface area contributed by atoms with E-state index in [2.05, 4.69) is 10.6 Å². The van der Waals surface area contributed by atoms with Gasteiger partial charge in [0.25, 0.3) is 0 Å². The largest absolute Gasteiger partial charge is 0.497 e. The third-order valence-corrected chi connectivity index (χ3v) is 4.19. The summed E-state index contributed by atoms with van der Waals surface area (Å²) in [7, 11) is 1.65. The lowest BCUT2D eigenvalue weighted by Gasteiger charge is -2.08. The molecule has 0 bridgehead atoms. The summed E-state index contributed by atoms with van der Waals surface area (Å²) in [4.78, 5) is 12.0. The van der Waals surface area contributed by atoms with Crippen LogP contribution in [0.15, 0.2) is 78.9 Å². The Bertz CT molecular complexity index is 966. The standard InChI is InChI=1S/C23H23N3O2/c1-28-20-6-4-5-19(15-20)25-16-18-11-9-17(10-12-18)13-14-23(27)26-22-8-3-2-7-21(22)24/h2-15,25H,16,24H2,1H3,(H,26,27). The summed E-state index contributed by atoms with van der Waals surface area (Å²) in [6.07, 6.45) is 3.27. The minimum Gasteiger partial charge on any atom is -0.497 e. The van der Waals surface area contributed by atoms with Crippen molar-refractivity contribution in [3.8, 4) is 5.75 Å². The molecule has 3 rings (SSSR count). The highest BCUT2D eigenvalue weighted by molar-refractivity contribution is 6.03. The highest BCUT2D eigenvalue weighted by atomic mass is 16.5. The van der Waals surface area contributed by atoms with Gasteiger partial charge in [-0.2, -0.15) is 0 Å². The molecule has 1 amide bonds. The van der Waals surface area contributed by atoms with E-state index in [-0.39, 0.29) is 5.91 Å². The summed E-state index contributed by atoms with van der Waals surface area (Å²) < 4.78 is 5.23. The van der Waals surface area contributed by atoms with Gasteiger partial charge in [0.15, 0.2) is 0 Å². The second-order valence-electron chi connectivity index (χ2n) is 6.24. The van der Waals surface area contributed by atoms with Gasteiger partial charge in [-0.15, -0.1) is 0 Å². The lowest BCUT2D eigenvalue weighted by Crippen LogP contribution is -2.09. The first kappa shape index (κ1) is 19.0. The van der Waals surface area contributed by atoms with Gasteiger partial charge in [-0.3, -0.25) is 4.79 Å². The maximum atomic E-state index is 12.0. The summed E-state index contributed by atoms with van der Waals surface area (Å²) in [5.41, 5.74) is 10.1. The van der Waals surface area contributed by atoms with Gasteiger partial charge in [-0.25, -0.2) is 0 Å². The Hall–Kier alpha value is -3.73. The van der Waals surface area contributed by atoms with Crippen LogP contribution >= 0.6 is 0 Å². The van der Waals surface area contributed by atoms with E-state index in [4.69, 9.17) is 10.5 Å². The Morgan fingerprint density at radius 2 is 1.82 bits per heavy atom. The number of carbonyl (C=O) groups excluding carboxylic acids is 1. The fourth-order valence-corrected chi connectivity index (χ4v) is 2.64. The monoisotopic (exact) mass is 373 g/mol. The zero-order chi connectivity index (χ0) is 19.8. The van der Waals surface area contributed by atoms with Crippen molar-refractivity contribution in [3.05, 3.63) is 90.0 Å². The van der Waals surface area contributed by atoms with Crippen LogP contribution in [0.5, 0.6) is 5.75 Å². The van der Waals surface area contributed by atoms with Crippen LogP contribution in [-0.2, 0) is 11.3 Å². The predicted octanol–water partition coefficient (Wildman–Crippen LogP) is 4.54. The molecule has 142 valence electrons. The molecule has 0 fully saturated rings. The molecule has 4 N–H and O–H groups in total. The molecule has 0 aliphatic rings. The van der Waals surface area contributed by atoms with Crippen molar-refractivity contribution in [1.29, 1.82) is 0 Å². The lowest BCUT2D eigenvalue weighted by atomic mass is 10.1. The molecule has 0 radical (unpaired) electrons. The van der Waals surface area contributed by atoms with Crippen molar-refractivity contribution in [2.24, 2.45) is 0 Å². The van der Waals surface area contributed by atoms with Gasteiger partial charge < -0.3 is 21.1 Å². The van der Waals surface area contributed by atoms with Gasteiger partial charge in [-0.1, -0.05) is 42.5 Å². The second kappa shape index (κ2) is 9.28. The average molecular weight is 373 g/mol. The summed E-state index contributed by atoms with van der Waals surface area (Å²) in [6, 6.07) is 23.0. The van der Waals surface area contributed by atoms with Gasteiger partial charge in [0.05, 0.1) is 18.5 Å². The van der Waals surface area contributed by atoms with Gasteiger partial charge in [0.1, 0.15) is 5.75 Å². The van der Waals surface area contributed by atoms with E-state index >= 15 is 0 Å². The molecule has 0 aliphatic heterocycles. The maximum Gasteiger partial charge on any atom is 0.248 e. The van der Waals surface area contributed by atoms with Gasteiger partial charge >= 0.3 is 0 Å². The molecule has 0 aliphatic carbocycles. The van der Waals surface area contributed by atoms with Gasteiger partial charge in [0.2, 0.25) is 5.91 Å². The van der Waals surface area contributed by atoms with Crippen LogP contribution < -0.4 is 21.1 Å². The van der Waals surface area contributed by atoms with E-state index in [0.29, 0.717) is 17.9 Å². The Labute approximate surface area is 164 Å². The average Bonchev–Trinajstić information content (AvgIpc) is 2.73. The number of para-hydroxylation sites is 2. The molecule has 3 aromatic rings. The van der Waals surface area contributed by atoms with Crippen LogP contribution in [0, 0.1) is 0 Å². The lowest BCUT2D eigenvalue weighted by molar-refractivity contribution is -0.111. The molecule has 28 heavy (non-hydrogen) atoms. The molecule has 0 heterocycles. The number of anilines is 3. The fraction of sp³-hybridized carbons (Fsp3) is 0.0870. The highest BCUT2D eigenvalue weighted by Gasteiger charge is 2.01. The smallest absolute Gasteiger partial charge is 0.248 e. The molecule has 0 saturated carbocycles. The van der Waals surface area contributed by atoms with Crippen LogP contribution in [0.1, 0.15) is 11.1 Å². The first-order valence-corrected chi connectivity index (χ1v) is 8.94. The number of carbonyl (C=O) groups is 1. The van der Waals surface area contributed by atoms with Crippen LogP contribution in [0.3, 0.4) is 0 Å². The quantitative estimate of drug-likeness (QED) is 0.420. The number of nitrogens with two attached hydrogens (primary N) is 1. The van der Waals surface area contributed by atoms with Crippen LogP contribution in [0.4, 0.5) is 17.1 Å². The van der Waals surface area contributed by atoms with E-state index < -0.39 is 0 Å². The number of benzene rings is 3. The topological polar surface area (TPSA) is 76.4 Å². The van der Waals surface area contributed by atoms with Crippen molar-refractivity contribution < 1.29 is 9.53 Å². The molecule has 0 saturated heterocycles. The molecule has 0 aromatic heterocycles. The van der Waals surface area contributed by atoms with E-state index in [1.807, 2.05) is 60.7 Å². The third-order valence-electron chi connectivity index (χ3n) is 4.19. The van der Waals surface area contributed by atoms with Crippen molar-refractivity contribution in [3.63, 3.8) is 0 Å².